The Bertz CT molecular complexity index is 533. The smallest absolute Gasteiger partial charge is 0.160 e. The molecule has 1 aromatic rings. The number of aryl methyl sites for hydroxylation is 1. The number of ketones is 1. The fourth-order valence-corrected chi connectivity index (χ4v) is 1.30. The lowest BCUT2D eigenvalue weighted by Crippen LogP contribution is -1.93. The summed E-state index contributed by atoms with van der Waals surface area (Å²) in [6.07, 6.45) is 1.84. The molecule has 0 heterocycles. The number of hydrogen-bond donors (Lipinski definition) is 0. The maximum atomic E-state index is 10.9. The van der Waals surface area contributed by atoms with Crippen LogP contribution in [-0.2, 0) is 0 Å². The number of nitrogens with zero attached hydrogens (tertiary/aromatic N) is 1. The third-order valence-corrected chi connectivity index (χ3v) is 2.71. The van der Waals surface area contributed by atoms with Gasteiger partial charge in [0.25, 0.3) is 0 Å². The molecule has 0 aliphatic carbocycles. The summed E-state index contributed by atoms with van der Waals surface area (Å²) in [6, 6.07) is 7.60. The van der Waals surface area contributed by atoms with Gasteiger partial charge in [-0.2, -0.15) is 0 Å². The summed E-state index contributed by atoms with van der Waals surface area (Å²) in [7, 11) is 0. The lowest BCUT2D eigenvalue weighted by molar-refractivity contribution is 0.101. The predicted octanol–water partition coefficient (Wildman–Crippen LogP) is 7.20. The van der Waals surface area contributed by atoms with Gasteiger partial charge in [0.05, 0.1) is 0 Å². The average Bonchev–Trinajstić information content (AvgIpc) is 2.57. The molecule has 1 rings (SSSR count). The van der Waals surface area contributed by atoms with Gasteiger partial charge in [-0.05, 0) is 52.7 Å². The molecule has 0 spiro atoms. The van der Waals surface area contributed by atoms with Crippen LogP contribution in [0.5, 0.6) is 0 Å². The zero-order chi connectivity index (χ0) is 19.7. The minimum Gasteiger partial charge on any atom is -0.295 e. The van der Waals surface area contributed by atoms with Crippen LogP contribution >= 0.6 is 0 Å². The molecule has 0 radical (unpaired) electrons. The molecule has 0 amide bonds. The molecule has 1 aromatic carbocycles. The molecule has 0 aliphatic heterocycles. The second-order valence-corrected chi connectivity index (χ2v) is 5.04. The van der Waals surface area contributed by atoms with Gasteiger partial charge < -0.3 is 0 Å². The van der Waals surface area contributed by atoms with Crippen LogP contribution in [0.15, 0.2) is 53.2 Å². The fraction of sp³-hybridized carbons (Fsp3) is 0.455. The van der Waals surface area contributed by atoms with Gasteiger partial charge in [0.1, 0.15) is 0 Å². The number of allylic oxidation sites excluding steroid dienone is 2. The van der Waals surface area contributed by atoms with E-state index in [0.29, 0.717) is 0 Å². The second kappa shape index (κ2) is 17.4. The number of carbonyl (C=O) groups excluding carboxylic acids is 1. The highest BCUT2D eigenvalue weighted by atomic mass is 16.1. The third kappa shape index (κ3) is 15.0. The van der Waals surface area contributed by atoms with E-state index in [1.54, 1.807) is 6.92 Å². The molecule has 0 unspecified atom stereocenters. The van der Waals surface area contributed by atoms with Crippen molar-refractivity contribution in [2.45, 2.75) is 69.2 Å². The molecular weight excluding hydrogens is 294 g/mol. The molecular formula is C22H37NO. The lowest BCUT2D eigenvalue weighted by atomic mass is 10.1. The summed E-state index contributed by atoms with van der Waals surface area (Å²) in [5.41, 5.74) is 5.16. The van der Waals surface area contributed by atoms with Crippen molar-refractivity contribution in [1.82, 2.24) is 0 Å². The van der Waals surface area contributed by atoms with Gasteiger partial charge in [-0.25, -0.2) is 0 Å². The largest absolute Gasteiger partial charge is 0.295 e. The monoisotopic (exact) mass is 331 g/mol. The van der Waals surface area contributed by atoms with Crippen LogP contribution in [0.25, 0.3) is 0 Å². The number of rotatable bonds is 3. The summed E-state index contributed by atoms with van der Waals surface area (Å²) < 4.78 is 0. The first-order valence-corrected chi connectivity index (χ1v) is 8.66. The Balaban J connectivity index is -0.000000304. The molecule has 2 nitrogen and oxygen atoms in total. The normalized spacial score (nSPS) is 9.00. The van der Waals surface area contributed by atoms with Crippen molar-refractivity contribution < 1.29 is 4.79 Å². The number of benzene rings is 1. The van der Waals surface area contributed by atoms with Crippen molar-refractivity contribution >= 4 is 11.5 Å². The van der Waals surface area contributed by atoms with Gasteiger partial charge in [0.2, 0.25) is 0 Å². The average molecular weight is 332 g/mol. The molecule has 0 saturated carbocycles. The van der Waals surface area contributed by atoms with Crippen LogP contribution < -0.4 is 0 Å². The minimum absolute atomic E-state index is 0.137. The Hall–Kier alpha value is -1.96. The second-order valence-electron chi connectivity index (χ2n) is 5.04. The number of carbonyl (C=O) groups is 1. The van der Waals surface area contributed by atoms with E-state index in [-0.39, 0.29) is 5.78 Å². The first-order chi connectivity index (χ1) is 11.3. The van der Waals surface area contributed by atoms with Crippen LogP contribution in [0.4, 0.5) is 0 Å². The highest BCUT2D eigenvalue weighted by molar-refractivity contribution is 5.95. The van der Waals surface area contributed by atoms with Crippen molar-refractivity contribution in [3.05, 3.63) is 59.3 Å². The first-order valence-electron chi connectivity index (χ1n) is 8.66. The molecule has 0 aliphatic rings. The van der Waals surface area contributed by atoms with E-state index in [4.69, 9.17) is 0 Å². The van der Waals surface area contributed by atoms with E-state index < -0.39 is 0 Å². The van der Waals surface area contributed by atoms with Gasteiger partial charge in [-0.1, -0.05) is 64.1 Å². The molecule has 0 saturated heterocycles. The van der Waals surface area contributed by atoms with Crippen molar-refractivity contribution in [2.24, 2.45) is 4.99 Å². The molecule has 24 heavy (non-hydrogen) atoms. The van der Waals surface area contributed by atoms with Gasteiger partial charge in [-0.15, -0.1) is 0 Å². The summed E-state index contributed by atoms with van der Waals surface area (Å²) >= 11 is 0. The van der Waals surface area contributed by atoms with Crippen molar-refractivity contribution in [3.63, 3.8) is 0 Å². The van der Waals surface area contributed by atoms with E-state index in [1.807, 2.05) is 92.8 Å². The SMILES string of the molecule is C=C(C)/C(C)=C\N=C(C)C.CC.CC.CC(=O)c1ccccc1C. The van der Waals surface area contributed by atoms with E-state index in [2.05, 4.69) is 11.6 Å². The molecule has 0 fully saturated rings. The first kappa shape index (κ1) is 26.9. The highest BCUT2D eigenvalue weighted by Gasteiger charge is 1.99. The van der Waals surface area contributed by atoms with Crippen LogP contribution in [0, 0.1) is 6.92 Å². The van der Waals surface area contributed by atoms with Crippen molar-refractivity contribution in [3.8, 4) is 0 Å². The van der Waals surface area contributed by atoms with E-state index in [0.717, 1.165) is 28.0 Å². The Kier molecular flexibility index (Phi) is 19.5. The Labute approximate surface area is 150 Å². The van der Waals surface area contributed by atoms with Gasteiger partial charge >= 0.3 is 0 Å². The molecule has 0 N–H and O–H groups in total. The Morgan fingerprint density at radius 1 is 0.958 bits per heavy atom. The van der Waals surface area contributed by atoms with E-state index >= 15 is 0 Å². The Morgan fingerprint density at radius 2 is 1.42 bits per heavy atom. The van der Waals surface area contributed by atoms with Crippen molar-refractivity contribution in [1.29, 1.82) is 0 Å². The van der Waals surface area contributed by atoms with Crippen LogP contribution in [0.3, 0.4) is 0 Å². The topological polar surface area (TPSA) is 29.4 Å². The number of aliphatic imine (C=N–C) groups is 1. The zero-order valence-corrected chi connectivity index (χ0v) is 17.4. The summed E-state index contributed by atoms with van der Waals surface area (Å²) in [6.45, 7) is 23.3. The maximum absolute atomic E-state index is 10.9. The highest BCUT2D eigenvalue weighted by Crippen LogP contribution is 2.06. The molecule has 0 atom stereocenters. The number of Topliss-reactive ketones (excluding diaryl/α,β-unsaturated/α-hetero) is 1. The van der Waals surface area contributed by atoms with E-state index in [9.17, 15) is 4.79 Å². The molecule has 0 aromatic heterocycles. The van der Waals surface area contributed by atoms with Crippen LogP contribution in [-0.4, -0.2) is 11.5 Å². The maximum Gasteiger partial charge on any atom is 0.160 e. The van der Waals surface area contributed by atoms with Gasteiger partial charge in [0, 0.05) is 17.5 Å². The summed E-state index contributed by atoms with van der Waals surface area (Å²) in [5.74, 6) is 0.137. The minimum atomic E-state index is 0.137. The molecule has 136 valence electrons. The summed E-state index contributed by atoms with van der Waals surface area (Å²) in [4.78, 5) is 15.0. The number of hydrogen-bond acceptors (Lipinski definition) is 2. The van der Waals surface area contributed by atoms with Gasteiger partial charge in [0.15, 0.2) is 5.78 Å². The predicted molar refractivity (Wildman–Crippen MR) is 111 cm³/mol. The molecule has 2 heteroatoms. The lowest BCUT2D eigenvalue weighted by Gasteiger charge is -1.97. The third-order valence-electron chi connectivity index (χ3n) is 2.71. The fourth-order valence-electron chi connectivity index (χ4n) is 1.30. The van der Waals surface area contributed by atoms with Crippen LogP contribution in [0.2, 0.25) is 0 Å². The van der Waals surface area contributed by atoms with Crippen molar-refractivity contribution in [2.75, 3.05) is 0 Å². The van der Waals surface area contributed by atoms with Gasteiger partial charge in [-0.3, -0.25) is 9.79 Å². The van der Waals surface area contributed by atoms with E-state index in [1.165, 1.54) is 0 Å². The summed E-state index contributed by atoms with van der Waals surface area (Å²) in [5, 5.41) is 0. The Morgan fingerprint density at radius 3 is 1.71 bits per heavy atom. The molecule has 0 bridgehead atoms. The quantitative estimate of drug-likeness (QED) is 0.327. The zero-order valence-electron chi connectivity index (χ0n) is 17.4. The standard InChI is InChI=1S/C9H15N.C9H10O.2C2H6/c1-7(2)9(5)6-10-8(3)4;1-7-5-3-4-6-9(7)8(2)10;2*1-2/h6H,1H2,2-5H3;3-6H,1-2H3;2*1-2H3/b9-6-;;;. The van der Waals surface area contributed by atoms with Crippen LogP contribution in [0.1, 0.15) is 78.2 Å².